The molecule has 0 heterocycles. The Bertz CT molecular complexity index is 349. The zero-order chi connectivity index (χ0) is 12.7. The lowest BCUT2D eigenvalue weighted by molar-refractivity contribution is 0.174. The Morgan fingerprint density at radius 1 is 1.41 bits per heavy atom. The van der Waals surface area contributed by atoms with Gasteiger partial charge in [-0.2, -0.15) is 0 Å². The van der Waals surface area contributed by atoms with Gasteiger partial charge in [-0.1, -0.05) is 18.5 Å². The molecule has 0 saturated carbocycles. The molecule has 1 aromatic rings. The van der Waals surface area contributed by atoms with Crippen molar-refractivity contribution in [2.24, 2.45) is 0 Å². The Hall–Kier alpha value is -0.290. The minimum absolute atomic E-state index is 0.179. The number of benzene rings is 1. The Labute approximate surface area is 115 Å². The molecule has 0 aromatic heterocycles. The van der Waals surface area contributed by atoms with Crippen molar-refractivity contribution >= 4 is 27.5 Å². The van der Waals surface area contributed by atoms with Gasteiger partial charge in [-0.05, 0) is 40.7 Å². The maximum Gasteiger partial charge on any atom is 0.133 e. The first-order valence-electron chi connectivity index (χ1n) is 5.58. The summed E-state index contributed by atoms with van der Waals surface area (Å²) in [6.07, 6.45) is 0. The van der Waals surface area contributed by atoms with Gasteiger partial charge in [0.1, 0.15) is 12.4 Å². The highest BCUT2D eigenvalue weighted by atomic mass is 79.9. The highest BCUT2D eigenvalue weighted by Crippen LogP contribution is 2.27. The Balaban J connectivity index is 2.39. The lowest BCUT2D eigenvalue weighted by atomic mass is 10.3. The van der Waals surface area contributed by atoms with Gasteiger partial charge in [0.2, 0.25) is 0 Å². The summed E-state index contributed by atoms with van der Waals surface area (Å²) in [6, 6.07) is 5.45. The third kappa shape index (κ3) is 5.25. The molecule has 3 nitrogen and oxygen atoms in total. The van der Waals surface area contributed by atoms with E-state index >= 15 is 0 Å². The molecule has 0 atom stereocenters. The van der Waals surface area contributed by atoms with Crippen molar-refractivity contribution in [2.45, 2.75) is 6.92 Å². The van der Waals surface area contributed by atoms with Crippen LogP contribution in [-0.2, 0) is 0 Å². The molecule has 0 aliphatic heterocycles. The van der Waals surface area contributed by atoms with Crippen LogP contribution in [0.1, 0.15) is 6.92 Å². The fraction of sp³-hybridized carbons (Fsp3) is 0.500. The molecule has 96 valence electrons. The molecule has 0 radical (unpaired) electrons. The van der Waals surface area contributed by atoms with Gasteiger partial charge in [-0.3, -0.25) is 4.90 Å². The number of hydrogen-bond acceptors (Lipinski definition) is 3. The fourth-order valence-electron chi connectivity index (χ4n) is 1.45. The number of aliphatic hydroxyl groups is 1. The van der Waals surface area contributed by atoms with Gasteiger partial charge >= 0.3 is 0 Å². The van der Waals surface area contributed by atoms with Gasteiger partial charge in [-0.25, -0.2) is 0 Å². The molecule has 0 spiro atoms. The molecule has 17 heavy (non-hydrogen) atoms. The lowest BCUT2D eigenvalue weighted by Crippen LogP contribution is -2.30. The number of aliphatic hydroxyl groups excluding tert-OH is 1. The quantitative estimate of drug-likeness (QED) is 0.838. The maximum absolute atomic E-state index is 8.85. The molecule has 0 bridgehead atoms. The van der Waals surface area contributed by atoms with E-state index < -0.39 is 0 Å². The molecular weight excluding hydrogens is 305 g/mol. The average molecular weight is 323 g/mol. The predicted molar refractivity (Wildman–Crippen MR) is 73.8 cm³/mol. The summed E-state index contributed by atoms with van der Waals surface area (Å²) < 4.78 is 6.50. The van der Waals surface area contributed by atoms with Crippen molar-refractivity contribution in [2.75, 3.05) is 32.8 Å². The smallest absolute Gasteiger partial charge is 0.133 e. The SMILES string of the molecule is CCN(CCO)CCOc1ccc(Cl)cc1Br. The van der Waals surface area contributed by atoms with Gasteiger partial charge in [-0.15, -0.1) is 0 Å². The molecule has 0 unspecified atom stereocenters. The summed E-state index contributed by atoms with van der Waals surface area (Å²) in [7, 11) is 0. The van der Waals surface area contributed by atoms with Crippen molar-refractivity contribution in [3.05, 3.63) is 27.7 Å². The number of halogens is 2. The summed E-state index contributed by atoms with van der Waals surface area (Å²) in [5, 5.41) is 9.53. The van der Waals surface area contributed by atoms with Gasteiger partial charge in [0.15, 0.2) is 0 Å². The van der Waals surface area contributed by atoms with Gasteiger partial charge < -0.3 is 9.84 Å². The van der Waals surface area contributed by atoms with E-state index in [0.717, 1.165) is 23.3 Å². The largest absolute Gasteiger partial charge is 0.491 e. The monoisotopic (exact) mass is 321 g/mol. The van der Waals surface area contributed by atoms with Crippen molar-refractivity contribution in [3.63, 3.8) is 0 Å². The summed E-state index contributed by atoms with van der Waals surface area (Å²) >= 11 is 9.24. The molecule has 1 N–H and O–H groups in total. The van der Waals surface area contributed by atoms with Crippen LogP contribution in [0.5, 0.6) is 5.75 Å². The fourth-order valence-corrected chi connectivity index (χ4v) is 2.24. The molecule has 1 rings (SSSR count). The molecule has 0 aliphatic rings. The zero-order valence-corrected chi connectivity index (χ0v) is 12.2. The Kier molecular flexibility index (Phi) is 6.89. The van der Waals surface area contributed by atoms with E-state index in [9.17, 15) is 0 Å². The van der Waals surface area contributed by atoms with Crippen LogP contribution in [0, 0.1) is 0 Å². The second-order valence-corrected chi connectivity index (χ2v) is 4.87. The van der Waals surface area contributed by atoms with Crippen LogP contribution in [-0.4, -0.2) is 42.9 Å². The summed E-state index contributed by atoms with van der Waals surface area (Å²) in [6.45, 7) is 5.22. The topological polar surface area (TPSA) is 32.7 Å². The second kappa shape index (κ2) is 7.93. The Morgan fingerprint density at radius 2 is 2.18 bits per heavy atom. The van der Waals surface area contributed by atoms with Crippen molar-refractivity contribution in [1.29, 1.82) is 0 Å². The maximum atomic E-state index is 8.85. The summed E-state index contributed by atoms with van der Waals surface area (Å²) in [4.78, 5) is 2.13. The number of nitrogens with zero attached hydrogens (tertiary/aromatic N) is 1. The second-order valence-electron chi connectivity index (χ2n) is 3.58. The van der Waals surface area contributed by atoms with Crippen LogP contribution >= 0.6 is 27.5 Å². The van der Waals surface area contributed by atoms with Crippen LogP contribution in [0.4, 0.5) is 0 Å². The number of likely N-dealkylation sites (N-methyl/N-ethyl adjacent to an activating group) is 1. The number of ether oxygens (including phenoxy) is 1. The van der Waals surface area contributed by atoms with E-state index in [1.54, 1.807) is 6.07 Å². The standard InChI is InChI=1S/C12H17BrClNO2/c1-2-15(5-7-16)6-8-17-12-4-3-10(14)9-11(12)13/h3-4,9,16H,2,5-8H2,1H3. The van der Waals surface area contributed by atoms with Gasteiger partial charge in [0.05, 0.1) is 11.1 Å². The van der Waals surface area contributed by atoms with Crippen LogP contribution in [0.25, 0.3) is 0 Å². The molecule has 0 amide bonds. The molecule has 5 heteroatoms. The lowest BCUT2D eigenvalue weighted by Gasteiger charge is -2.19. The molecule has 0 saturated heterocycles. The zero-order valence-electron chi connectivity index (χ0n) is 9.83. The first-order chi connectivity index (χ1) is 8.17. The third-order valence-corrected chi connectivity index (χ3v) is 3.28. The minimum Gasteiger partial charge on any atom is -0.491 e. The Morgan fingerprint density at radius 3 is 2.76 bits per heavy atom. The number of hydrogen-bond donors (Lipinski definition) is 1. The normalized spacial score (nSPS) is 10.9. The van der Waals surface area contributed by atoms with Crippen LogP contribution in [0.3, 0.4) is 0 Å². The minimum atomic E-state index is 0.179. The molecule has 1 aromatic carbocycles. The van der Waals surface area contributed by atoms with Crippen LogP contribution in [0.2, 0.25) is 5.02 Å². The van der Waals surface area contributed by atoms with E-state index in [-0.39, 0.29) is 6.61 Å². The first kappa shape index (κ1) is 14.8. The third-order valence-electron chi connectivity index (χ3n) is 2.42. The number of rotatable bonds is 7. The summed E-state index contributed by atoms with van der Waals surface area (Å²) in [5.41, 5.74) is 0. The first-order valence-corrected chi connectivity index (χ1v) is 6.75. The van der Waals surface area contributed by atoms with Crippen LogP contribution < -0.4 is 4.74 Å². The van der Waals surface area contributed by atoms with Crippen molar-refractivity contribution < 1.29 is 9.84 Å². The van der Waals surface area contributed by atoms with E-state index in [1.807, 2.05) is 12.1 Å². The highest BCUT2D eigenvalue weighted by Gasteiger charge is 2.04. The van der Waals surface area contributed by atoms with Crippen LogP contribution in [0.15, 0.2) is 22.7 Å². The molecule has 0 fully saturated rings. The predicted octanol–water partition coefficient (Wildman–Crippen LogP) is 2.80. The highest BCUT2D eigenvalue weighted by molar-refractivity contribution is 9.10. The summed E-state index contributed by atoms with van der Waals surface area (Å²) in [5.74, 6) is 0.787. The van der Waals surface area contributed by atoms with E-state index in [2.05, 4.69) is 27.8 Å². The van der Waals surface area contributed by atoms with Gasteiger partial charge in [0.25, 0.3) is 0 Å². The van der Waals surface area contributed by atoms with E-state index in [4.69, 9.17) is 21.4 Å². The van der Waals surface area contributed by atoms with Crippen molar-refractivity contribution in [1.82, 2.24) is 4.90 Å². The molecular formula is C12H17BrClNO2. The molecule has 0 aliphatic carbocycles. The van der Waals surface area contributed by atoms with Crippen molar-refractivity contribution in [3.8, 4) is 5.75 Å². The van der Waals surface area contributed by atoms with E-state index in [1.165, 1.54) is 0 Å². The average Bonchev–Trinajstić information content (AvgIpc) is 2.30. The van der Waals surface area contributed by atoms with E-state index in [0.29, 0.717) is 18.2 Å². The van der Waals surface area contributed by atoms with Gasteiger partial charge in [0, 0.05) is 18.1 Å².